The number of rotatable bonds is 2. The van der Waals surface area contributed by atoms with Crippen LogP contribution in [0.5, 0.6) is 0 Å². The van der Waals surface area contributed by atoms with Crippen molar-refractivity contribution in [3.8, 4) is 0 Å². The maximum absolute atomic E-state index is 10.7. The summed E-state index contributed by atoms with van der Waals surface area (Å²) >= 11 is 0. The third-order valence-corrected chi connectivity index (χ3v) is 0.972. The summed E-state index contributed by atoms with van der Waals surface area (Å²) in [5.74, 6) is -0.885. The zero-order valence-corrected chi connectivity index (χ0v) is 6.18. The summed E-state index contributed by atoms with van der Waals surface area (Å²) in [5.41, 5.74) is 4.96. The number of hydrogen-bond acceptors (Lipinski definition) is 3. The fraction of sp³-hybridized carbons (Fsp3) is 0.667. The Hall–Kier alpha value is -0.900. The van der Waals surface area contributed by atoms with Gasteiger partial charge in [0.25, 0.3) is 0 Å². The fourth-order valence-electron chi connectivity index (χ4n) is 0.333. The minimum Gasteiger partial charge on any atom is -0.322 e. The number of imide groups is 1. The van der Waals surface area contributed by atoms with Crippen LogP contribution >= 0.6 is 0 Å². The first-order valence-electron chi connectivity index (χ1n) is 3.11. The third kappa shape index (κ3) is 3.19. The van der Waals surface area contributed by atoms with Crippen molar-refractivity contribution in [2.45, 2.75) is 13.8 Å². The first kappa shape index (κ1) is 9.10. The Kier molecular flexibility index (Phi) is 3.64. The molecule has 0 fully saturated rings. The molecule has 0 bridgehead atoms. The second-order valence-electron chi connectivity index (χ2n) is 2.27. The van der Waals surface area contributed by atoms with Gasteiger partial charge in [0.05, 0.1) is 6.54 Å². The molecular weight excluding hydrogens is 132 g/mol. The molecule has 58 valence electrons. The summed E-state index contributed by atoms with van der Waals surface area (Å²) < 4.78 is 0. The topological polar surface area (TPSA) is 72.2 Å². The quantitative estimate of drug-likeness (QED) is 0.535. The van der Waals surface area contributed by atoms with E-state index in [1.54, 1.807) is 13.8 Å². The first-order chi connectivity index (χ1) is 4.57. The van der Waals surface area contributed by atoms with E-state index in [2.05, 4.69) is 5.32 Å². The standard InChI is InChI=1S/C6H12N2O2/c1-4(2)6(10)8-5(9)3-7/h4H,3,7H2,1-2H3,(H,8,9,10). The van der Waals surface area contributed by atoms with E-state index < -0.39 is 5.91 Å². The molecule has 0 aromatic heterocycles. The van der Waals surface area contributed by atoms with Crippen molar-refractivity contribution in [1.82, 2.24) is 5.32 Å². The summed E-state index contributed by atoms with van der Waals surface area (Å²) in [4.78, 5) is 21.2. The van der Waals surface area contributed by atoms with E-state index in [9.17, 15) is 9.59 Å². The molecule has 0 atom stereocenters. The highest BCUT2D eigenvalue weighted by Crippen LogP contribution is 1.88. The molecule has 10 heavy (non-hydrogen) atoms. The molecule has 2 amide bonds. The lowest BCUT2D eigenvalue weighted by Gasteiger charge is -2.03. The van der Waals surface area contributed by atoms with Gasteiger partial charge in [0.15, 0.2) is 0 Å². The van der Waals surface area contributed by atoms with Gasteiger partial charge in [-0.3, -0.25) is 14.9 Å². The molecule has 3 N–H and O–H groups in total. The molecule has 0 heterocycles. The molecule has 0 saturated carbocycles. The van der Waals surface area contributed by atoms with Crippen molar-refractivity contribution in [1.29, 1.82) is 0 Å². The molecule has 4 heteroatoms. The number of nitrogens with one attached hydrogen (secondary N) is 1. The van der Waals surface area contributed by atoms with Gasteiger partial charge in [-0.2, -0.15) is 0 Å². The van der Waals surface area contributed by atoms with Crippen molar-refractivity contribution in [2.24, 2.45) is 11.7 Å². The molecule has 0 aliphatic rings. The molecule has 0 radical (unpaired) electrons. The van der Waals surface area contributed by atoms with E-state index in [4.69, 9.17) is 5.73 Å². The second kappa shape index (κ2) is 4.00. The summed E-state index contributed by atoms with van der Waals surface area (Å²) in [6.07, 6.45) is 0. The van der Waals surface area contributed by atoms with Crippen LogP contribution in [0.4, 0.5) is 0 Å². The molecule has 0 unspecified atom stereocenters. The zero-order chi connectivity index (χ0) is 8.15. The van der Waals surface area contributed by atoms with E-state index in [0.717, 1.165) is 0 Å². The molecule has 0 aliphatic heterocycles. The monoisotopic (exact) mass is 144 g/mol. The number of carbonyl (C=O) groups excluding carboxylic acids is 2. The predicted molar refractivity (Wildman–Crippen MR) is 37.0 cm³/mol. The highest BCUT2D eigenvalue weighted by molar-refractivity contribution is 5.96. The lowest BCUT2D eigenvalue weighted by Crippen LogP contribution is -2.37. The molecule has 0 aromatic carbocycles. The van der Waals surface area contributed by atoms with Crippen molar-refractivity contribution in [2.75, 3.05) is 6.54 Å². The van der Waals surface area contributed by atoms with E-state index >= 15 is 0 Å². The van der Waals surface area contributed by atoms with Gasteiger partial charge in [-0.25, -0.2) is 0 Å². The van der Waals surface area contributed by atoms with Gasteiger partial charge in [-0.15, -0.1) is 0 Å². The maximum Gasteiger partial charge on any atom is 0.240 e. The lowest BCUT2D eigenvalue weighted by molar-refractivity contribution is -0.131. The van der Waals surface area contributed by atoms with Crippen LogP contribution in [0.2, 0.25) is 0 Å². The Morgan fingerprint density at radius 2 is 2.00 bits per heavy atom. The molecule has 0 aromatic rings. The van der Waals surface area contributed by atoms with Crippen LogP contribution in [0.15, 0.2) is 0 Å². The normalized spacial score (nSPS) is 9.60. The van der Waals surface area contributed by atoms with Crippen molar-refractivity contribution >= 4 is 11.8 Å². The molecule has 0 aliphatic carbocycles. The number of hydrogen-bond donors (Lipinski definition) is 2. The Balaban J connectivity index is 3.69. The Labute approximate surface area is 59.8 Å². The summed E-state index contributed by atoms with van der Waals surface area (Å²) in [7, 11) is 0. The lowest BCUT2D eigenvalue weighted by atomic mass is 10.2. The van der Waals surface area contributed by atoms with Gasteiger partial charge in [0, 0.05) is 5.92 Å². The Morgan fingerprint density at radius 3 is 2.30 bits per heavy atom. The van der Waals surface area contributed by atoms with Gasteiger partial charge in [-0.05, 0) is 0 Å². The number of amides is 2. The van der Waals surface area contributed by atoms with Crippen molar-refractivity contribution in [3.05, 3.63) is 0 Å². The van der Waals surface area contributed by atoms with Crippen LogP contribution in [0.3, 0.4) is 0 Å². The van der Waals surface area contributed by atoms with E-state index in [1.807, 2.05) is 0 Å². The molecule has 0 rings (SSSR count). The summed E-state index contributed by atoms with van der Waals surface area (Å²) in [5, 5.41) is 2.13. The smallest absolute Gasteiger partial charge is 0.240 e. The highest BCUT2D eigenvalue weighted by Gasteiger charge is 2.08. The zero-order valence-electron chi connectivity index (χ0n) is 6.18. The molecular formula is C6H12N2O2. The Morgan fingerprint density at radius 1 is 1.50 bits per heavy atom. The minimum atomic E-state index is -0.432. The predicted octanol–water partition coefficient (Wildman–Crippen LogP) is -0.756. The van der Waals surface area contributed by atoms with Gasteiger partial charge < -0.3 is 5.73 Å². The molecule has 0 spiro atoms. The maximum atomic E-state index is 10.7. The third-order valence-electron chi connectivity index (χ3n) is 0.972. The largest absolute Gasteiger partial charge is 0.322 e. The van der Waals surface area contributed by atoms with Crippen LogP contribution in [0.25, 0.3) is 0 Å². The van der Waals surface area contributed by atoms with Crippen molar-refractivity contribution < 1.29 is 9.59 Å². The van der Waals surface area contributed by atoms with Crippen molar-refractivity contribution in [3.63, 3.8) is 0 Å². The van der Waals surface area contributed by atoms with Gasteiger partial charge in [0.1, 0.15) is 0 Å². The number of carbonyl (C=O) groups is 2. The Bertz CT molecular complexity index is 143. The molecule has 0 saturated heterocycles. The van der Waals surface area contributed by atoms with Crippen LogP contribution in [0.1, 0.15) is 13.8 Å². The average Bonchev–Trinajstić information content (AvgIpc) is 1.87. The van der Waals surface area contributed by atoms with Crippen LogP contribution < -0.4 is 11.1 Å². The minimum absolute atomic E-state index is 0.140. The van der Waals surface area contributed by atoms with Gasteiger partial charge >= 0.3 is 0 Å². The van der Waals surface area contributed by atoms with E-state index in [0.29, 0.717) is 0 Å². The van der Waals surface area contributed by atoms with Gasteiger partial charge in [-0.1, -0.05) is 13.8 Å². The van der Waals surface area contributed by atoms with E-state index in [1.165, 1.54) is 0 Å². The average molecular weight is 144 g/mol. The van der Waals surface area contributed by atoms with Crippen LogP contribution in [-0.2, 0) is 9.59 Å². The van der Waals surface area contributed by atoms with Crippen LogP contribution in [0, 0.1) is 5.92 Å². The number of nitrogens with two attached hydrogens (primary N) is 1. The SMILES string of the molecule is CC(C)C(=O)NC(=O)CN. The van der Waals surface area contributed by atoms with E-state index in [-0.39, 0.29) is 18.4 Å². The fourth-order valence-corrected chi connectivity index (χ4v) is 0.333. The first-order valence-corrected chi connectivity index (χ1v) is 3.11. The van der Waals surface area contributed by atoms with Gasteiger partial charge in [0.2, 0.25) is 11.8 Å². The van der Waals surface area contributed by atoms with Crippen LogP contribution in [-0.4, -0.2) is 18.4 Å². The second-order valence-corrected chi connectivity index (χ2v) is 2.27. The highest BCUT2D eigenvalue weighted by atomic mass is 16.2. The summed E-state index contributed by atoms with van der Waals surface area (Å²) in [6, 6.07) is 0. The molecule has 4 nitrogen and oxygen atoms in total. The summed E-state index contributed by atoms with van der Waals surface area (Å²) in [6.45, 7) is 3.27.